The Hall–Kier alpha value is -2.21. The van der Waals surface area contributed by atoms with E-state index in [1.54, 1.807) is 0 Å². The Morgan fingerprint density at radius 3 is 2.81 bits per heavy atom. The molecule has 0 bridgehead atoms. The first-order chi connectivity index (χ1) is 10.0. The maximum atomic E-state index is 13.7. The summed E-state index contributed by atoms with van der Waals surface area (Å²) in [5.74, 6) is -1.97. The zero-order valence-electron chi connectivity index (χ0n) is 11.8. The van der Waals surface area contributed by atoms with E-state index in [1.807, 2.05) is 6.92 Å². The molecule has 5 nitrogen and oxygen atoms in total. The Balaban J connectivity index is 2.55. The van der Waals surface area contributed by atoms with Crippen molar-refractivity contribution in [1.29, 1.82) is 0 Å². The Bertz CT molecular complexity index is 528. The van der Waals surface area contributed by atoms with Gasteiger partial charge < -0.3 is 15.2 Å². The van der Waals surface area contributed by atoms with Crippen molar-refractivity contribution in [3.05, 3.63) is 35.7 Å². The molecule has 0 saturated carbocycles. The lowest BCUT2D eigenvalue weighted by Gasteiger charge is -2.06. The molecule has 1 amide bonds. The van der Waals surface area contributed by atoms with E-state index in [4.69, 9.17) is 9.84 Å². The van der Waals surface area contributed by atoms with Crippen LogP contribution in [0.15, 0.2) is 24.3 Å². The summed E-state index contributed by atoms with van der Waals surface area (Å²) in [4.78, 5) is 22.0. The smallest absolute Gasteiger partial charge is 0.328 e. The highest BCUT2D eigenvalue weighted by Gasteiger charge is 2.05. The fraction of sp³-hybridized carbons (Fsp3) is 0.333. The van der Waals surface area contributed by atoms with Crippen molar-refractivity contribution in [1.82, 2.24) is 0 Å². The topological polar surface area (TPSA) is 75.6 Å². The molecule has 0 aliphatic carbocycles. The van der Waals surface area contributed by atoms with Crippen LogP contribution in [0.25, 0.3) is 6.08 Å². The van der Waals surface area contributed by atoms with Crippen LogP contribution in [0.1, 0.15) is 25.3 Å². The van der Waals surface area contributed by atoms with Crippen LogP contribution in [-0.2, 0) is 14.3 Å². The fourth-order valence-electron chi connectivity index (χ4n) is 1.60. The van der Waals surface area contributed by atoms with Gasteiger partial charge in [-0.05, 0) is 37.6 Å². The van der Waals surface area contributed by atoms with Gasteiger partial charge in [0.2, 0.25) is 5.91 Å². The lowest BCUT2D eigenvalue weighted by atomic mass is 10.1. The van der Waals surface area contributed by atoms with Crippen molar-refractivity contribution in [2.24, 2.45) is 0 Å². The molecule has 114 valence electrons. The van der Waals surface area contributed by atoms with E-state index in [1.165, 1.54) is 12.1 Å². The summed E-state index contributed by atoms with van der Waals surface area (Å²) in [5, 5.41) is 11.1. The zero-order valence-corrected chi connectivity index (χ0v) is 11.8. The van der Waals surface area contributed by atoms with Crippen LogP contribution in [-0.4, -0.2) is 30.2 Å². The number of rotatable bonds is 8. The van der Waals surface area contributed by atoms with E-state index in [0.717, 1.165) is 18.2 Å². The minimum absolute atomic E-state index is 0.145. The average molecular weight is 295 g/mol. The second-order valence-corrected chi connectivity index (χ2v) is 4.26. The van der Waals surface area contributed by atoms with E-state index >= 15 is 0 Å². The standard InChI is InChI=1S/C15H18FNO4/c1-2-21-9-3-4-14(18)17-12-7-5-11(13(16)10-12)6-8-15(19)20/h5-8,10H,2-4,9H2,1H3,(H,17,18)(H,19,20)/b8-6+. The lowest BCUT2D eigenvalue weighted by Crippen LogP contribution is -2.12. The summed E-state index contributed by atoms with van der Waals surface area (Å²) in [6.45, 7) is 3.00. The summed E-state index contributed by atoms with van der Waals surface area (Å²) in [7, 11) is 0. The predicted molar refractivity (Wildman–Crippen MR) is 77.4 cm³/mol. The third-order valence-corrected chi connectivity index (χ3v) is 2.59. The number of ether oxygens (including phenoxy) is 1. The molecule has 0 aromatic heterocycles. The molecule has 21 heavy (non-hydrogen) atoms. The van der Waals surface area contributed by atoms with E-state index in [2.05, 4.69) is 5.32 Å². The van der Waals surface area contributed by atoms with Gasteiger partial charge in [-0.25, -0.2) is 9.18 Å². The first-order valence-electron chi connectivity index (χ1n) is 6.61. The van der Waals surface area contributed by atoms with Gasteiger partial charge in [0.15, 0.2) is 0 Å². The van der Waals surface area contributed by atoms with Gasteiger partial charge >= 0.3 is 5.97 Å². The number of carboxylic acid groups (broad SMARTS) is 1. The summed E-state index contributed by atoms with van der Waals surface area (Å²) in [5.41, 5.74) is 0.480. The highest BCUT2D eigenvalue weighted by Crippen LogP contribution is 2.16. The quantitative estimate of drug-likeness (QED) is 0.571. The van der Waals surface area contributed by atoms with Crippen LogP contribution in [0.4, 0.5) is 10.1 Å². The molecular weight excluding hydrogens is 277 g/mol. The van der Waals surface area contributed by atoms with Crippen LogP contribution in [0.2, 0.25) is 0 Å². The van der Waals surface area contributed by atoms with Gasteiger partial charge in [0.05, 0.1) is 0 Å². The Labute approximate surface area is 122 Å². The third-order valence-electron chi connectivity index (χ3n) is 2.59. The Morgan fingerprint density at radius 2 is 2.19 bits per heavy atom. The average Bonchev–Trinajstić information content (AvgIpc) is 2.42. The molecule has 1 rings (SSSR count). The summed E-state index contributed by atoms with van der Waals surface area (Å²) in [6.07, 6.45) is 2.90. The number of aliphatic carboxylic acids is 1. The van der Waals surface area contributed by atoms with Gasteiger partial charge in [-0.1, -0.05) is 0 Å². The van der Waals surface area contributed by atoms with Gasteiger partial charge in [0.1, 0.15) is 5.82 Å². The molecule has 0 spiro atoms. The van der Waals surface area contributed by atoms with Crippen molar-refractivity contribution < 1.29 is 23.8 Å². The molecule has 0 fully saturated rings. The van der Waals surface area contributed by atoms with Crippen molar-refractivity contribution in [3.63, 3.8) is 0 Å². The zero-order chi connectivity index (χ0) is 15.7. The van der Waals surface area contributed by atoms with E-state index < -0.39 is 11.8 Å². The number of amides is 1. The van der Waals surface area contributed by atoms with Gasteiger partial charge in [-0.3, -0.25) is 4.79 Å². The normalized spacial score (nSPS) is 10.8. The molecule has 0 unspecified atom stereocenters. The summed E-state index contributed by atoms with van der Waals surface area (Å²) >= 11 is 0. The van der Waals surface area contributed by atoms with Gasteiger partial charge in [0, 0.05) is 37.0 Å². The van der Waals surface area contributed by atoms with Crippen molar-refractivity contribution in [2.45, 2.75) is 19.8 Å². The number of carbonyl (C=O) groups is 2. The van der Waals surface area contributed by atoms with Crippen molar-refractivity contribution in [2.75, 3.05) is 18.5 Å². The SMILES string of the molecule is CCOCCCC(=O)Nc1ccc(/C=C/C(=O)O)c(F)c1. The van der Waals surface area contributed by atoms with Crippen LogP contribution in [0.5, 0.6) is 0 Å². The van der Waals surface area contributed by atoms with E-state index in [-0.39, 0.29) is 11.5 Å². The maximum Gasteiger partial charge on any atom is 0.328 e. The second-order valence-electron chi connectivity index (χ2n) is 4.26. The van der Waals surface area contributed by atoms with Crippen molar-refractivity contribution >= 4 is 23.6 Å². The number of anilines is 1. The Kier molecular flexibility index (Phi) is 7.11. The minimum Gasteiger partial charge on any atom is -0.478 e. The minimum atomic E-state index is -1.15. The molecule has 6 heteroatoms. The molecule has 0 aliphatic heterocycles. The lowest BCUT2D eigenvalue weighted by molar-refractivity contribution is -0.131. The Morgan fingerprint density at radius 1 is 1.43 bits per heavy atom. The summed E-state index contributed by atoms with van der Waals surface area (Å²) in [6, 6.07) is 4.08. The molecule has 2 N–H and O–H groups in total. The number of halogens is 1. The molecule has 0 aliphatic rings. The first kappa shape index (κ1) is 16.8. The molecule has 1 aromatic rings. The molecule has 0 saturated heterocycles. The number of nitrogens with one attached hydrogen (secondary N) is 1. The number of hydrogen-bond acceptors (Lipinski definition) is 3. The molecule has 0 heterocycles. The molecule has 0 atom stereocenters. The molecular formula is C15H18FNO4. The van der Waals surface area contributed by atoms with Crippen LogP contribution < -0.4 is 5.32 Å². The van der Waals surface area contributed by atoms with Crippen LogP contribution in [0, 0.1) is 5.82 Å². The number of carbonyl (C=O) groups excluding carboxylic acids is 1. The van der Waals surface area contributed by atoms with E-state index in [9.17, 15) is 14.0 Å². The fourth-order valence-corrected chi connectivity index (χ4v) is 1.60. The number of benzene rings is 1. The highest BCUT2D eigenvalue weighted by atomic mass is 19.1. The molecule has 1 aromatic carbocycles. The highest BCUT2D eigenvalue weighted by molar-refractivity contribution is 5.91. The van der Waals surface area contributed by atoms with Crippen LogP contribution >= 0.6 is 0 Å². The van der Waals surface area contributed by atoms with E-state index in [0.29, 0.717) is 31.7 Å². The maximum absolute atomic E-state index is 13.7. The molecule has 0 radical (unpaired) electrons. The van der Waals surface area contributed by atoms with Gasteiger partial charge in [-0.15, -0.1) is 0 Å². The first-order valence-corrected chi connectivity index (χ1v) is 6.61. The largest absolute Gasteiger partial charge is 0.478 e. The predicted octanol–water partition coefficient (Wildman–Crippen LogP) is 2.68. The second kappa shape index (κ2) is 8.86. The van der Waals surface area contributed by atoms with Gasteiger partial charge in [-0.2, -0.15) is 0 Å². The van der Waals surface area contributed by atoms with Gasteiger partial charge in [0.25, 0.3) is 0 Å². The summed E-state index contributed by atoms with van der Waals surface area (Å²) < 4.78 is 18.8. The monoisotopic (exact) mass is 295 g/mol. The van der Waals surface area contributed by atoms with Crippen LogP contribution in [0.3, 0.4) is 0 Å². The third kappa shape index (κ3) is 6.67. The number of carboxylic acids is 1. The van der Waals surface area contributed by atoms with Crippen molar-refractivity contribution in [3.8, 4) is 0 Å². The number of hydrogen-bond donors (Lipinski definition) is 2.